The zero-order chi connectivity index (χ0) is 22.8. The SMILES string of the molecule is CCc1cc(OCc2ccccc2)ccc1-c1ccc2c(I)nn(C3CCCCO3)c2c1F. The van der Waals surface area contributed by atoms with Gasteiger partial charge in [0.05, 0.1) is 0 Å². The number of rotatable bonds is 6. The molecule has 1 fully saturated rings. The Morgan fingerprint density at radius 3 is 2.67 bits per heavy atom. The van der Waals surface area contributed by atoms with Crippen molar-refractivity contribution in [2.75, 3.05) is 6.61 Å². The molecule has 1 aliphatic heterocycles. The predicted molar refractivity (Wildman–Crippen MR) is 137 cm³/mol. The van der Waals surface area contributed by atoms with Crippen molar-refractivity contribution in [3.8, 4) is 16.9 Å². The molecule has 0 N–H and O–H groups in total. The molecule has 6 heteroatoms. The van der Waals surface area contributed by atoms with Gasteiger partial charge in [-0.1, -0.05) is 49.4 Å². The van der Waals surface area contributed by atoms with Crippen LogP contribution in [-0.2, 0) is 17.8 Å². The molecule has 1 aromatic heterocycles. The summed E-state index contributed by atoms with van der Waals surface area (Å²) in [6.07, 6.45) is 3.52. The maximum atomic E-state index is 16.0. The Kier molecular flexibility index (Phi) is 6.64. The Morgan fingerprint density at radius 1 is 1.09 bits per heavy atom. The molecule has 0 spiro atoms. The Morgan fingerprint density at radius 2 is 1.91 bits per heavy atom. The summed E-state index contributed by atoms with van der Waals surface area (Å²) in [5.74, 6) is 0.542. The van der Waals surface area contributed by atoms with Crippen LogP contribution in [0.15, 0.2) is 60.7 Å². The highest BCUT2D eigenvalue weighted by Gasteiger charge is 2.24. The zero-order valence-electron chi connectivity index (χ0n) is 18.6. The Bertz CT molecular complexity index is 1270. The summed E-state index contributed by atoms with van der Waals surface area (Å²) in [6, 6.07) is 19.8. The molecular formula is C27H26FIN2O2. The molecule has 1 saturated heterocycles. The standard InChI is InChI=1S/C27H26FIN2O2/c1-2-19-16-20(33-17-18-8-4-3-5-9-18)11-12-21(19)22-13-14-23-26(25(22)28)31(30-27(23)29)24-10-6-7-15-32-24/h3-5,8-9,11-14,16,24H,2,6-7,10,15,17H2,1H3. The van der Waals surface area contributed by atoms with Gasteiger partial charge >= 0.3 is 0 Å². The second kappa shape index (κ2) is 9.81. The lowest BCUT2D eigenvalue weighted by Gasteiger charge is -2.23. The van der Waals surface area contributed by atoms with Gasteiger partial charge in [0.15, 0.2) is 12.0 Å². The average Bonchev–Trinajstić information content (AvgIpc) is 3.21. The number of halogens is 2. The van der Waals surface area contributed by atoms with Gasteiger partial charge in [0, 0.05) is 17.6 Å². The molecule has 4 nitrogen and oxygen atoms in total. The van der Waals surface area contributed by atoms with Gasteiger partial charge in [0.1, 0.15) is 21.6 Å². The van der Waals surface area contributed by atoms with Gasteiger partial charge < -0.3 is 9.47 Å². The summed E-state index contributed by atoms with van der Waals surface area (Å²) in [5.41, 5.74) is 4.16. The van der Waals surface area contributed by atoms with E-state index in [0.717, 1.165) is 57.2 Å². The number of aromatic nitrogens is 2. The van der Waals surface area contributed by atoms with Crippen molar-refractivity contribution in [3.05, 3.63) is 81.3 Å². The first-order chi connectivity index (χ1) is 16.2. The first-order valence-corrected chi connectivity index (χ1v) is 12.5. The number of aryl methyl sites for hydroxylation is 1. The van der Waals surface area contributed by atoms with Crippen LogP contribution in [0.4, 0.5) is 4.39 Å². The fourth-order valence-electron chi connectivity index (χ4n) is 4.44. The van der Waals surface area contributed by atoms with E-state index >= 15 is 4.39 Å². The fraction of sp³-hybridized carbons (Fsp3) is 0.296. The minimum absolute atomic E-state index is 0.214. The Labute approximate surface area is 206 Å². The average molecular weight is 556 g/mol. The molecule has 1 aliphatic rings. The third-order valence-electron chi connectivity index (χ3n) is 6.19. The van der Waals surface area contributed by atoms with Gasteiger partial charge in [-0.2, -0.15) is 5.10 Å². The van der Waals surface area contributed by atoms with Crippen molar-refractivity contribution in [1.82, 2.24) is 9.78 Å². The second-order valence-electron chi connectivity index (χ2n) is 8.33. The molecule has 1 unspecified atom stereocenters. The predicted octanol–water partition coefficient (Wildman–Crippen LogP) is 7.29. The molecule has 0 radical (unpaired) electrons. The molecule has 170 valence electrons. The van der Waals surface area contributed by atoms with Gasteiger partial charge in [-0.3, -0.25) is 0 Å². The first-order valence-electron chi connectivity index (χ1n) is 11.4. The van der Waals surface area contributed by atoms with Crippen LogP contribution < -0.4 is 4.74 Å². The first kappa shape index (κ1) is 22.3. The van der Waals surface area contributed by atoms with Crippen molar-refractivity contribution < 1.29 is 13.9 Å². The molecule has 0 saturated carbocycles. The second-order valence-corrected chi connectivity index (χ2v) is 9.35. The van der Waals surface area contributed by atoms with Gasteiger partial charge in [-0.25, -0.2) is 9.07 Å². The molecule has 1 atom stereocenters. The van der Waals surface area contributed by atoms with Crippen molar-refractivity contribution in [2.45, 2.75) is 45.4 Å². The van der Waals surface area contributed by atoms with E-state index in [0.29, 0.717) is 24.3 Å². The van der Waals surface area contributed by atoms with Crippen LogP contribution in [0.1, 0.15) is 43.5 Å². The smallest absolute Gasteiger partial charge is 0.157 e. The van der Waals surface area contributed by atoms with Crippen LogP contribution in [0.5, 0.6) is 5.75 Å². The van der Waals surface area contributed by atoms with Crippen molar-refractivity contribution in [2.24, 2.45) is 0 Å². The van der Waals surface area contributed by atoms with Crippen LogP contribution in [0, 0.1) is 9.52 Å². The quantitative estimate of drug-likeness (QED) is 0.234. The summed E-state index contributed by atoms with van der Waals surface area (Å²) in [6.45, 7) is 3.27. The number of ether oxygens (including phenoxy) is 2. The van der Waals surface area contributed by atoms with Gasteiger partial charge in [-0.15, -0.1) is 0 Å². The highest BCUT2D eigenvalue weighted by Crippen LogP contribution is 2.37. The Hall–Kier alpha value is -2.45. The molecular weight excluding hydrogens is 530 g/mol. The highest BCUT2D eigenvalue weighted by atomic mass is 127. The lowest BCUT2D eigenvalue weighted by Crippen LogP contribution is -2.19. The molecule has 2 heterocycles. The van der Waals surface area contributed by atoms with Crippen LogP contribution in [-0.4, -0.2) is 16.4 Å². The van der Waals surface area contributed by atoms with Gasteiger partial charge in [-0.05, 0) is 83.2 Å². The van der Waals surface area contributed by atoms with E-state index in [1.54, 1.807) is 4.68 Å². The van der Waals surface area contributed by atoms with E-state index in [2.05, 4.69) is 34.6 Å². The number of nitrogens with zero attached hydrogens (tertiary/aromatic N) is 2. The molecule has 33 heavy (non-hydrogen) atoms. The van der Waals surface area contributed by atoms with Gasteiger partial charge in [0.25, 0.3) is 0 Å². The topological polar surface area (TPSA) is 36.3 Å². The highest BCUT2D eigenvalue weighted by molar-refractivity contribution is 14.1. The normalized spacial score (nSPS) is 16.3. The third-order valence-corrected chi connectivity index (χ3v) is 6.98. The lowest BCUT2D eigenvalue weighted by molar-refractivity contribution is -0.0371. The summed E-state index contributed by atoms with van der Waals surface area (Å²) >= 11 is 2.18. The van der Waals surface area contributed by atoms with Crippen LogP contribution in [0.2, 0.25) is 0 Å². The molecule has 0 aliphatic carbocycles. The van der Waals surface area contributed by atoms with E-state index in [-0.39, 0.29) is 12.0 Å². The third kappa shape index (κ3) is 4.51. The zero-order valence-corrected chi connectivity index (χ0v) is 20.7. The minimum atomic E-state index is -0.246. The maximum absolute atomic E-state index is 16.0. The van der Waals surface area contributed by atoms with E-state index in [4.69, 9.17) is 9.47 Å². The minimum Gasteiger partial charge on any atom is -0.489 e. The van der Waals surface area contributed by atoms with E-state index in [1.165, 1.54) is 0 Å². The molecule has 3 aromatic carbocycles. The van der Waals surface area contributed by atoms with E-state index < -0.39 is 0 Å². The fourth-order valence-corrected chi connectivity index (χ4v) is 5.11. The molecule has 5 rings (SSSR count). The molecule has 0 amide bonds. The monoisotopic (exact) mass is 556 g/mol. The summed E-state index contributed by atoms with van der Waals surface area (Å²) in [4.78, 5) is 0. The summed E-state index contributed by atoms with van der Waals surface area (Å²) < 4.78 is 30.5. The summed E-state index contributed by atoms with van der Waals surface area (Å²) in [7, 11) is 0. The summed E-state index contributed by atoms with van der Waals surface area (Å²) in [5, 5.41) is 5.46. The maximum Gasteiger partial charge on any atom is 0.157 e. The van der Waals surface area contributed by atoms with Crippen molar-refractivity contribution in [3.63, 3.8) is 0 Å². The number of fused-ring (bicyclic) bond motifs is 1. The van der Waals surface area contributed by atoms with E-state index in [1.807, 2.05) is 60.7 Å². The van der Waals surface area contributed by atoms with Crippen molar-refractivity contribution >= 4 is 33.5 Å². The van der Waals surface area contributed by atoms with Crippen LogP contribution in [0.25, 0.3) is 22.0 Å². The molecule has 4 aromatic rings. The number of hydrogen-bond acceptors (Lipinski definition) is 3. The number of hydrogen-bond donors (Lipinski definition) is 0. The van der Waals surface area contributed by atoms with Crippen LogP contribution in [0.3, 0.4) is 0 Å². The van der Waals surface area contributed by atoms with Crippen molar-refractivity contribution in [1.29, 1.82) is 0 Å². The number of benzene rings is 3. The Balaban J connectivity index is 1.51. The van der Waals surface area contributed by atoms with E-state index in [9.17, 15) is 0 Å². The van der Waals surface area contributed by atoms with Gasteiger partial charge in [0.2, 0.25) is 0 Å². The largest absolute Gasteiger partial charge is 0.489 e. The lowest BCUT2D eigenvalue weighted by atomic mass is 9.96. The van der Waals surface area contributed by atoms with Crippen LogP contribution >= 0.6 is 22.6 Å². The molecule has 0 bridgehead atoms.